The average Bonchev–Trinajstić information content (AvgIpc) is 2.21. The van der Waals surface area contributed by atoms with Gasteiger partial charge in [0.15, 0.2) is 0 Å². The third kappa shape index (κ3) is 2.52. The second kappa shape index (κ2) is 4.97. The molecule has 3 heteroatoms. The number of hydrogen-bond acceptors (Lipinski definition) is 3. The molecule has 1 aromatic rings. The molecule has 0 amide bonds. The molecular weight excluding hydrogens is 168 g/mol. The second-order valence-electron chi connectivity index (χ2n) is 2.81. The van der Waals surface area contributed by atoms with E-state index in [-0.39, 0.29) is 6.61 Å². The summed E-state index contributed by atoms with van der Waals surface area (Å²) in [4.78, 5) is 0. The Balaban J connectivity index is 2.72. The van der Waals surface area contributed by atoms with E-state index in [9.17, 15) is 5.11 Å². The Labute approximate surface area is 77.6 Å². The molecule has 0 aromatic heterocycles. The molecule has 0 bridgehead atoms. The highest BCUT2D eigenvalue weighted by molar-refractivity contribution is 5.18. The zero-order valence-electron chi connectivity index (χ0n) is 7.55. The van der Waals surface area contributed by atoms with Crippen molar-refractivity contribution in [2.75, 3.05) is 13.7 Å². The minimum absolute atomic E-state index is 0.188. The van der Waals surface area contributed by atoms with Gasteiger partial charge in [0.25, 0.3) is 0 Å². The molecule has 0 fully saturated rings. The molecule has 0 saturated heterocycles. The second-order valence-corrected chi connectivity index (χ2v) is 2.81. The predicted molar refractivity (Wildman–Crippen MR) is 49.3 cm³/mol. The highest BCUT2D eigenvalue weighted by atomic mass is 16.5. The van der Waals surface area contributed by atoms with Gasteiger partial charge in [0.05, 0.1) is 6.61 Å². The van der Waals surface area contributed by atoms with E-state index >= 15 is 0 Å². The van der Waals surface area contributed by atoms with Gasteiger partial charge in [-0.3, -0.25) is 0 Å². The van der Waals surface area contributed by atoms with Crippen LogP contribution < -0.4 is 0 Å². The molecular formula is C10H14O3. The van der Waals surface area contributed by atoms with E-state index in [4.69, 9.17) is 9.84 Å². The van der Waals surface area contributed by atoms with Crippen molar-refractivity contribution in [1.29, 1.82) is 0 Å². The van der Waals surface area contributed by atoms with Gasteiger partial charge >= 0.3 is 0 Å². The molecule has 0 saturated carbocycles. The van der Waals surface area contributed by atoms with E-state index in [2.05, 4.69) is 0 Å². The lowest BCUT2D eigenvalue weighted by Crippen LogP contribution is -2.24. The summed E-state index contributed by atoms with van der Waals surface area (Å²) < 4.78 is 4.92. The zero-order valence-corrected chi connectivity index (χ0v) is 7.55. The van der Waals surface area contributed by atoms with Crippen LogP contribution in [0.5, 0.6) is 0 Å². The summed E-state index contributed by atoms with van der Waals surface area (Å²) in [6.07, 6.45) is -1.32. The number of ether oxygens (including phenoxy) is 1. The molecule has 2 N–H and O–H groups in total. The summed E-state index contributed by atoms with van der Waals surface area (Å²) in [6, 6.07) is 9.14. The first-order valence-corrected chi connectivity index (χ1v) is 4.16. The lowest BCUT2D eigenvalue weighted by Gasteiger charge is -2.19. The first-order valence-electron chi connectivity index (χ1n) is 4.16. The molecule has 0 aliphatic carbocycles. The maximum absolute atomic E-state index is 9.70. The van der Waals surface area contributed by atoms with Crippen LogP contribution >= 0.6 is 0 Å². The van der Waals surface area contributed by atoms with Crippen LogP contribution in [-0.2, 0) is 4.74 Å². The molecule has 0 aliphatic heterocycles. The molecule has 0 spiro atoms. The third-order valence-corrected chi connectivity index (χ3v) is 1.98. The normalized spacial score (nSPS) is 15.3. The van der Waals surface area contributed by atoms with Gasteiger partial charge in [-0.2, -0.15) is 0 Å². The molecule has 2 atom stereocenters. The van der Waals surface area contributed by atoms with E-state index < -0.39 is 12.2 Å². The van der Waals surface area contributed by atoms with Crippen LogP contribution in [0.1, 0.15) is 11.7 Å². The molecule has 0 heterocycles. The Hall–Kier alpha value is -0.900. The van der Waals surface area contributed by atoms with Gasteiger partial charge in [0.2, 0.25) is 0 Å². The van der Waals surface area contributed by atoms with E-state index in [1.807, 2.05) is 18.2 Å². The first-order chi connectivity index (χ1) is 6.29. The molecule has 72 valence electrons. The van der Waals surface area contributed by atoms with Crippen molar-refractivity contribution in [3.8, 4) is 0 Å². The molecule has 1 rings (SSSR count). The van der Waals surface area contributed by atoms with Crippen molar-refractivity contribution in [2.24, 2.45) is 0 Å². The van der Waals surface area contributed by atoms with Gasteiger partial charge in [0, 0.05) is 7.11 Å². The standard InChI is InChI=1S/C10H14O3/c1-13-9(7-11)10(12)8-5-3-2-4-6-8/h2-6,9-12H,7H2,1H3/t9-,10-/m0/s1. The van der Waals surface area contributed by atoms with Gasteiger partial charge in [-0.05, 0) is 5.56 Å². The number of rotatable bonds is 4. The van der Waals surface area contributed by atoms with Crippen LogP contribution in [0.25, 0.3) is 0 Å². The SMILES string of the molecule is CO[C@@H](CO)[C@@H](O)c1ccccc1. The fourth-order valence-corrected chi connectivity index (χ4v) is 1.17. The van der Waals surface area contributed by atoms with Gasteiger partial charge < -0.3 is 14.9 Å². The van der Waals surface area contributed by atoms with E-state index in [0.29, 0.717) is 0 Å². The van der Waals surface area contributed by atoms with Crippen LogP contribution in [0.15, 0.2) is 30.3 Å². The third-order valence-electron chi connectivity index (χ3n) is 1.98. The van der Waals surface area contributed by atoms with Crippen molar-refractivity contribution in [2.45, 2.75) is 12.2 Å². The number of aliphatic hydroxyl groups excluding tert-OH is 2. The molecule has 0 radical (unpaired) electrons. The largest absolute Gasteiger partial charge is 0.394 e. The summed E-state index contributed by atoms with van der Waals surface area (Å²) in [5.41, 5.74) is 0.753. The molecule has 0 unspecified atom stereocenters. The first kappa shape index (κ1) is 10.2. The molecule has 0 aliphatic rings. The Bertz CT molecular complexity index is 231. The maximum atomic E-state index is 9.70. The minimum Gasteiger partial charge on any atom is -0.394 e. The predicted octanol–water partition coefficient (Wildman–Crippen LogP) is 0.727. The maximum Gasteiger partial charge on any atom is 0.110 e. The smallest absolute Gasteiger partial charge is 0.110 e. The summed E-state index contributed by atoms with van der Waals surface area (Å²) in [5, 5.41) is 18.6. The van der Waals surface area contributed by atoms with Crippen molar-refractivity contribution in [3.63, 3.8) is 0 Å². The monoisotopic (exact) mass is 182 g/mol. The van der Waals surface area contributed by atoms with E-state index in [1.165, 1.54) is 7.11 Å². The summed E-state index contributed by atoms with van der Waals surface area (Å²) in [6.45, 7) is -0.188. The summed E-state index contributed by atoms with van der Waals surface area (Å²) in [5.74, 6) is 0. The van der Waals surface area contributed by atoms with E-state index in [1.54, 1.807) is 12.1 Å². The summed E-state index contributed by atoms with van der Waals surface area (Å²) in [7, 11) is 1.47. The van der Waals surface area contributed by atoms with Crippen molar-refractivity contribution < 1.29 is 14.9 Å². The van der Waals surface area contributed by atoms with Crippen LogP contribution in [0.4, 0.5) is 0 Å². The average molecular weight is 182 g/mol. The lowest BCUT2D eigenvalue weighted by atomic mass is 10.1. The van der Waals surface area contributed by atoms with Crippen molar-refractivity contribution in [3.05, 3.63) is 35.9 Å². The van der Waals surface area contributed by atoms with Gasteiger partial charge in [-0.25, -0.2) is 0 Å². The van der Waals surface area contributed by atoms with Gasteiger partial charge in [-0.15, -0.1) is 0 Å². The van der Waals surface area contributed by atoms with Crippen LogP contribution in [-0.4, -0.2) is 30.0 Å². The van der Waals surface area contributed by atoms with Gasteiger partial charge in [0.1, 0.15) is 12.2 Å². The van der Waals surface area contributed by atoms with Crippen molar-refractivity contribution >= 4 is 0 Å². The molecule has 1 aromatic carbocycles. The topological polar surface area (TPSA) is 49.7 Å². The zero-order chi connectivity index (χ0) is 9.68. The number of aliphatic hydroxyl groups is 2. The molecule has 13 heavy (non-hydrogen) atoms. The van der Waals surface area contributed by atoms with Crippen LogP contribution in [0, 0.1) is 0 Å². The highest BCUT2D eigenvalue weighted by Crippen LogP contribution is 2.17. The lowest BCUT2D eigenvalue weighted by molar-refractivity contribution is -0.0424. The Morgan fingerprint density at radius 3 is 2.38 bits per heavy atom. The fraction of sp³-hybridized carbons (Fsp3) is 0.400. The fourth-order valence-electron chi connectivity index (χ4n) is 1.17. The summed E-state index contributed by atoms with van der Waals surface area (Å²) >= 11 is 0. The van der Waals surface area contributed by atoms with E-state index in [0.717, 1.165) is 5.56 Å². The quantitative estimate of drug-likeness (QED) is 0.721. The number of methoxy groups -OCH3 is 1. The number of hydrogen-bond donors (Lipinski definition) is 2. The van der Waals surface area contributed by atoms with Gasteiger partial charge in [-0.1, -0.05) is 30.3 Å². The number of benzene rings is 1. The van der Waals surface area contributed by atoms with Crippen LogP contribution in [0.2, 0.25) is 0 Å². The molecule has 3 nitrogen and oxygen atoms in total. The highest BCUT2D eigenvalue weighted by Gasteiger charge is 2.18. The Kier molecular flexibility index (Phi) is 3.89. The van der Waals surface area contributed by atoms with Crippen LogP contribution in [0.3, 0.4) is 0 Å². The Morgan fingerprint density at radius 1 is 1.31 bits per heavy atom. The Morgan fingerprint density at radius 2 is 1.92 bits per heavy atom. The van der Waals surface area contributed by atoms with Crippen molar-refractivity contribution in [1.82, 2.24) is 0 Å². The minimum atomic E-state index is -0.767.